The van der Waals surface area contributed by atoms with Crippen molar-refractivity contribution in [2.45, 2.75) is 39.2 Å². The van der Waals surface area contributed by atoms with Gasteiger partial charge in [0.25, 0.3) is 5.52 Å². The summed E-state index contributed by atoms with van der Waals surface area (Å²) in [7, 11) is -8.56. The Balaban J connectivity index is 1.61. The smallest absolute Gasteiger partial charge is 0.374 e. The average Bonchev–Trinajstić information content (AvgIpc) is 3.34. The monoisotopic (exact) mass is 717 g/mol. The molecule has 0 aliphatic carbocycles. The molecule has 0 bridgehead atoms. The lowest BCUT2D eigenvalue weighted by atomic mass is 10.2. The number of aromatic nitrogens is 1. The molecular weight excluding hydrogens is 692 g/mol. The molecule has 0 amide bonds. The molecule has 0 fully saturated rings. The summed E-state index contributed by atoms with van der Waals surface area (Å²) >= 11 is 6.96. The minimum absolute atomic E-state index is 0.232. The van der Waals surface area contributed by atoms with Crippen molar-refractivity contribution in [1.29, 1.82) is 0 Å². The lowest BCUT2D eigenvalue weighted by molar-refractivity contribution is -0.678. The third-order valence-electron chi connectivity index (χ3n) is 6.14. The van der Waals surface area contributed by atoms with Gasteiger partial charge >= 0.3 is 5.89 Å². The van der Waals surface area contributed by atoms with Crippen molar-refractivity contribution in [2.75, 3.05) is 23.0 Å². The van der Waals surface area contributed by atoms with Crippen LogP contribution in [0.1, 0.15) is 38.5 Å². The zero-order valence-corrected chi connectivity index (χ0v) is 26.3. The van der Waals surface area contributed by atoms with E-state index in [1.165, 1.54) is 0 Å². The van der Waals surface area contributed by atoms with Crippen molar-refractivity contribution in [2.24, 2.45) is 0 Å². The van der Waals surface area contributed by atoms with Crippen LogP contribution in [-0.4, -0.2) is 44.0 Å². The summed E-state index contributed by atoms with van der Waals surface area (Å²) in [5.74, 6) is 0.883. The van der Waals surface area contributed by atoms with Gasteiger partial charge in [-0.05, 0) is 62.1 Å². The number of ether oxygens (including phenoxy) is 1. The summed E-state index contributed by atoms with van der Waals surface area (Å²) in [6.07, 6.45) is 5.08. The minimum atomic E-state index is -4.28. The molecule has 0 saturated heterocycles. The van der Waals surface area contributed by atoms with Crippen molar-refractivity contribution in [1.82, 2.24) is 0 Å². The van der Waals surface area contributed by atoms with Gasteiger partial charge in [-0.3, -0.25) is 0 Å². The zero-order valence-electron chi connectivity index (χ0n) is 21.5. The number of allylic oxidation sites excluding steroid dienone is 2. The summed E-state index contributed by atoms with van der Waals surface area (Å²) in [5.41, 5.74) is 3.07. The van der Waals surface area contributed by atoms with Gasteiger partial charge in [0.2, 0.25) is 11.5 Å². The van der Waals surface area contributed by atoms with E-state index in [-0.39, 0.29) is 12.8 Å². The number of rotatable bonds is 12. The number of nitrogens with zero attached hydrogens (tertiary/aromatic N) is 2. The number of anilines is 1. The Hall–Kier alpha value is -2.23. The third kappa shape index (κ3) is 8.40. The van der Waals surface area contributed by atoms with E-state index < -0.39 is 31.7 Å². The zero-order chi connectivity index (χ0) is 29.1. The molecule has 0 spiro atoms. The highest BCUT2D eigenvalue weighted by molar-refractivity contribution is 9.10. The van der Waals surface area contributed by atoms with E-state index in [0.717, 1.165) is 25.7 Å². The Kier molecular flexibility index (Phi) is 9.78. The maximum atomic E-state index is 11.0. The summed E-state index contributed by atoms with van der Waals surface area (Å²) in [5, 5.41) is 0. The van der Waals surface area contributed by atoms with Crippen LogP contribution in [0.4, 0.5) is 5.69 Å². The fourth-order valence-electron chi connectivity index (χ4n) is 4.35. The Bertz CT molecular complexity index is 1680. The number of halogens is 2. The molecule has 0 radical (unpaired) electrons. The SMILES string of the molecule is CC(/C=C1\Oc2ccc(Br)cc2N1CCCCS(=O)(=O)[O-])=C\c1oc2ccc(Br)cc2[n+]1CCCCS(=O)(=O)[O-]. The van der Waals surface area contributed by atoms with Gasteiger partial charge in [0.15, 0.2) is 12.3 Å². The Morgan fingerprint density at radius 3 is 2.30 bits per heavy atom. The molecule has 0 saturated carbocycles. The first kappa shape index (κ1) is 30.7. The molecular formula is C26H27Br2N2O8S2-. The summed E-state index contributed by atoms with van der Waals surface area (Å²) in [4.78, 5) is 1.93. The number of oxazole rings is 1. The topological polar surface area (TPSA) is 144 Å². The maximum absolute atomic E-state index is 11.0. The van der Waals surface area contributed by atoms with Crippen LogP contribution < -0.4 is 14.2 Å². The molecule has 1 aromatic heterocycles. The summed E-state index contributed by atoms with van der Waals surface area (Å²) < 4.78 is 82.0. The largest absolute Gasteiger partial charge is 0.748 e. The van der Waals surface area contributed by atoms with Crippen molar-refractivity contribution >= 4 is 75.0 Å². The van der Waals surface area contributed by atoms with Crippen LogP contribution >= 0.6 is 31.9 Å². The second-order valence-electron chi connectivity index (χ2n) is 9.38. The number of aryl methyl sites for hydroxylation is 1. The third-order valence-corrected chi connectivity index (χ3v) is 8.70. The number of hydrogen-bond donors (Lipinski definition) is 0. The van der Waals surface area contributed by atoms with E-state index in [2.05, 4.69) is 31.9 Å². The van der Waals surface area contributed by atoms with Gasteiger partial charge in [-0.1, -0.05) is 31.9 Å². The molecule has 0 unspecified atom stereocenters. The molecule has 4 rings (SSSR count). The molecule has 0 N–H and O–H groups in total. The van der Waals surface area contributed by atoms with Crippen LogP contribution in [0.15, 0.2) is 67.3 Å². The van der Waals surface area contributed by atoms with E-state index in [9.17, 15) is 25.9 Å². The molecule has 14 heteroatoms. The summed E-state index contributed by atoms with van der Waals surface area (Å²) in [6.45, 7) is 2.77. The van der Waals surface area contributed by atoms with E-state index in [0.29, 0.717) is 49.0 Å². The second-order valence-corrected chi connectivity index (χ2v) is 14.3. The Morgan fingerprint density at radius 2 is 1.60 bits per heavy atom. The van der Waals surface area contributed by atoms with Crippen LogP contribution in [0, 0.1) is 0 Å². The first-order valence-corrected chi connectivity index (χ1v) is 17.2. The molecule has 2 heterocycles. The fourth-order valence-corrected chi connectivity index (χ4v) is 6.17. The van der Waals surface area contributed by atoms with Crippen LogP contribution in [0.5, 0.6) is 5.75 Å². The lowest BCUT2D eigenvalue weighted by Gasteiger charge is -2.19. The van der Waals surface area contributed by atoms with Gasteiger partial charge < -0.3 is 23.2 Å². The van der Waals surface area contributed by atoms with Gasteiger partial charge in [-0.15, -0.1) is 0 Å². The molecule has 40 heavy (non-hydrogen) atoms. The van der Waals surface area contributed by atoms with E-state index in [4.69, 9.17) is 9.15 Å². The van der Waals surface area contributed by atoms with Gasteiger partial charge in [-0.25, -0.2) is 16.8 Å². The van der Waals surface area contributed by atoms with E-state index in [1.54, 1.807) is 0 Å². The molecule has 1 aliphatic heterocycles. The number of hydrogen-bond acceptors (Lipinski definition) is 9. The molecule has 3 aromatic rings. The molecule has 216 valence electrons. The van der Waals surface area contributed by atoms with Gasteiger partial charge in [0.05, 0.1) is 32.0 Å². The number of unbranched alkanes of at least 4 members (excludes halogenated alkanes) is 2. The quantitative estimate of drug-likeness (QED) is 0.143. The first-order chi connectivity index (χ1) is 18.8. The van der Waals surface area contributed by atoms with E-state index in [1.807, 2.05) is 64.9 Å². The van der Waals surface area contributed by atoms with Crippen molar-refractivity contribution in [3.63, 3.8) is 0 Å². The van der Waals surface area contributed by atoms with Crippen molar-refractivity contribution in [3.8, 4) is 5.75 Å². The lowest BCUT2D eigenvalue weighted by Crippen LogP contribution is -2.35. The minimum Gasteiger partial charge on any atom is -0.748 e. The highest BCUT2D eigenvalue weighted by Crippen LogP contribution is 2.41. The Morgan fingerprint density at radius 1 is 0.950 bits per heavy atom. The predicted molar refractivity (Wildman–Crippen MR) is 156 cm³/mol. The van der Waals surface area contributed by atoms with Crippen molar-refractivity contribution in [3.05, 3.63) is 68.8 Å². The Labute approximate surface area is 250 Å². The fraction of sp³-hybridized carbons (Fsp3) is 0.346. The van der Waals surface area contributed by atoms with Crippen LogP contribution in [-0.2, 0) is 26.8 Å². The van der Waals surface area contributed by atoms with Gasteiger partial charge in [-0.2, -0.15) is 4.57 Å². The molecule has 10 nitrogen and oxygen atoms in total. The van der Waals surface area contributed by atoms with Gasteiger partial charge in [0.1, 0.15) is 0 Å². The first-order valence-electron chi connectivity index (χ1n) is 12.4. The summed E-state index contributed by atoms with van der Waals surface area (Å²) in [6, 6.07) is 11.2. The molecule has 0 atom stereocenters. The predicted octanol–water partition coefficient (Wildman–Crippen LogP) is 5.04. The highest BCUT2D eigenvalue weighted by atomic mass is 79.9. The normalized spacial score (nSPS) is 15.2. The second kappa shape index (κ2) is 12.7. The van der Waals surface area contributed by atoms with Crippen LogP contribution in [0.3, 0.4) is 0 Å². The van der Waals surface area contributed by atoms with E-state index >= 15 is 0 Å². The molecule has 2 aromatic carbocycles. The highest BCUT2D eigenvalue weighted by Gasteiger charge is 2.27. The van der Waals surface area contributed by atoms with Gasteiger partial charge in [0, 0.05) is 45.6 Å². The standard InChI is InChI=1S/C26H28Br2N2O8S2/c1-18(14-25-29(10-2-4-12-39(31,32)33)21-16-19(27)6-8-23(21)37-25)15-26-30(11-3-5-13-40(34,35)36)22-17-20(28)7-9-24(22)38-26/h6-9,14-17H,2-5,10-13H2,1H3,(H-,31,32,33,34,35,36)/p-1. The van der Waals surface area contributed by atoms with Crippen LogP contribution in [0.25, 0.3) is 17.2 Å². The van der Waals surface area contributed by atoms with Crippen LogP contribution in [0.2, 0.25) is 0 Å². The van der Waals surface area contributed by atoms with Crippen molar-refractivity contribution < 1.29 is 39.7 Å². The number of benzene rings is 2. The molecule has 1 aliphatic rings. The average molecular weight is 719 g/mol. The number of fused-ring (bicyclic) bond motifs is 2. The maximum Gasteiger partial charge on any atom is 0.374 e.